The molecule has 21 heavy (non-hydrogen) atoms. The highest BCUT2D eigenvalue weighted by atomic mass is 16.3. The van der Waals surface area contributed by atoms with Crippen LogP contribution in [-0.2, 0) is 0 Å². The molecule has 2 N–H and O–H groups in total. The number of hydrogen-bond donors (Lipinski definition) is 2. The molecule has 1 fully saturated rings. The van der Waals surface area contributed by atoms with E-state index in [0.717, 1.165) is 0 Å². The Morgan fingerprint density at radius 2 is 1.95 bits per heavy atom. The summed E-state index contributed by atoms with van der Waals surface area (Å²) >= 11 is 0. The van der Waals surface area contributed by atoms with Crippen molar-refractivity contribution in [2.45, 2.75) is 44.7 Å². The van der Waals surface area contributed by atoms with Crippen LogP contribution in [0.3, 0.4) is 0 Å². The number of nitrogens with zero attached hydrogens (tertiary/aromatic N) is 1. The average molecular weight is 290 g/mol. The monoisotopic (exact) mass is 290 g/mol. The van der Waals surface area contributed by atoms with E-state index < -0.39 is 0 Å². The molecule has 1 aromatic rings. The van der Waals surface area contributed by atoms with Gasteiger partial charge in [-0.2, -0.15) is 0 Å². The largest absolute Gasteiger partial charge is 0.394 e. The molecule has 2 rings (SSSR count). The van der Waals surface area contributed by atoms with Crippen LogP contribution in [0.25, 0.3) is 0 Å². The lowest BCUT2D eigenvalue weighted by atomic mass is 9.92. The van der Waals surface area contributed by atoms with Crippen LogP contribution in [0, 0.1) is 5.92 Å². The second-order valence-corrected chi connectivity index (χ2v) is 6.02. The summed E-state index contributed by atoms with van der Waals surface area (Å²) in [6.07, 6.45) is 4.82. The van der Waals surface area contributed by atoms with Crippen LogP contribution in [0.15, 0.2) is 30.3 Å². The molecule has 0 saturated heterocycles. The third kappa shape index (κ3) is 3.97. The van der Waals surface area contributed by atoms with E-state index in [1.807, 2.05) is 25.1 Å². The van der Waals surface area contributed by atoms with Gasteiger partial charge in [-0.3, -0.25) is 0 Å². The summed E-state index contributed by atoms with van der Waals surface area (Å²) in [5.41, 5.74) is 1.17. The molecule has 2 atom stereocenters. The first-order chi connectivity index (χ1) is 10.1. The van der Waals surface area contributed by atoms with Gasteiger partial charge in [0.1, 0.15) is 0 Å². The summed E-state index contributed by atoms with van der Waals surface area (Å²) in [4.78, 5) is 14.0. The van der Waals surface area contributed by atoms with Gasteiger partial charge in [0.2, 0.25) is 0 Å². The summed E-state index contributed by atoms with van der Waals surface area (Å²) in [5, 5.41) is 12.4. The number of rotatable bonds is 5. The van der Waals surface area contributed by atoms with Crippen LogP contribution in [0.5, 0.6) is 0 Å². The van der Waals surface area contributed by atoms with Crippen LogP contribution >= 0.6 is 0 Å². The smallest absolute Gasteiger partial charge is 0.317 e. The van der Waals surface area contributed by atoms with E-state index in [4.69, 9.17) is 0 Å². The van der Waals surface area contributed by atoms with Crippen molar-refractivity contribution in [1.82, 2.24) is 10.2 Å². The molecule has 0 spiro atoms. The normalized spacial score (nSPS) is 18.2. The Morgan fingerprint density at radius 1 is 1.33 bits per heavy atom. The molecule has 1 aliphatic carbocycles. The Labute approximate surface area is 127 Å². The third-order valence-corrected chi connectivity index (χ3v) is 4.55. The van der Waals surface area contributed by atoms with Crippen molar-refractivity contribution < 1.29 is 9.90 Å². The predicted octanol–water partition coefficient (Wildman–Crippen LogP) is 2.94. The van der Waals surface area contributed by atoms with E-state index in [0.29, 0.717) is 5.92 Å². The third-order valence-electron chi connectivity index (χ3n) is 4.55. The fourth-order valence-electron chi connectivity index (χ4n) is 2.98. The second kappa shape index (κ2) is 7.46. The van der Waals surface area contributed by atoms with Gasteiger partial charge in [-0.25, -0.2) is 4.79 Å². The number of urea groups is 1. The number of carbonyl (C=O) groups excluding carboxylic acids is 1. The molecule has 0 aromatic heterocycles. The molecule has 0 bridgehead atoms. The van der Waals surface area contributed by atoms with E-state index in [2.05, 4.69) is 17.4 Å². The SMILES string of the molecule is CC(CO)N(C)C(=O)NC(c1ccccc1)C1CCCC1. The number of aliphatic hydroxyl groups is 1. The summed E-state index contributed by atoms with van der Waals surface area (Å²) in [7, 11) is 1.73. The van der Waals surface area contributed by atoms with Gasteiger partial charge in [0.25, 0.3) is 0 Å². The molecule has 0 aliphatic heterocycles. The Bertz CT molecular complexity index is 443. The molecular weight excluding hydrogens is 264 g/mol. The van der Waals surface area contributed by atoms with Crippen LogP contribution in [-0.4, -0.2) is 35.7 Å². The maximum atomic E-state index is 12.4. The number of hydrogen-bond acceptors (Lipinski definition) is 2. The van der Waals surface area contributed by atoms with Gasteiger partial charge in [0.05, 0.1) is 18.7 Å². The van der Waals surface area contributed by atoms with Gasteiger partial charge in [0.15, 0.2) is 0 Å². The van der Waals surface area contributed by atoms with Gasteiger partial charge in [0, 0.05) is 7.05 Å². The first kappa shape index (κ1) is 15.8. The molecule has 4 nitrogen and oxygen atoms in total. The maximum Gasteiger partial charge on any atom is 0.317 e. The second-order valence-electron chi connectivity index (χ2n) is 6.02. The fourth-order valence-corrected chi connectivity index (χ4v) is 2.98. The minimum absolute atomic E-state index is 0.0245. The van der Waals surface area contributed by atoms with Crippen LogP contribution in [0.1, 0.15) is 44.2 Å². The predicted molar refractivity (Wildman–Crippen MR) is 84.0 cm³/mol. The van der Waals surface area contributed by atoms with Gasteiger partial charge < -0.3 is 15.3 Å². The Morgan fingerprint density at radius 3 is 2.52 bits per heavy atom. The summed E-state index contributed by atoms with van der Waals surface area (Å²) in [6.45, 7) is 1.82. The Kier molecular flexibility index (Phi) is 5.62. The van der Waals surface area contributed by atoms with Gasteiger partial charge in [-0.05, 0) is 31.2 Å². The molecule has 1 saturated carbocycles. The minimum atomic E-state index is -0.176. The van der Waals surface area contributed by atoms with E-state index >= 15 is 0 Å². The van der Waals surface area contributed by atoms with Crippen molar-refractivity contribution in [1.29, 1.82) is 0 Å². The van der Waals surface area contributed by atoms with Crippen molar-refractivity contribution >= 4 is 6.03 Å². The van der Waals surface area contributed by atoms with Crippen molar-refractivity contribution in [2.75, 3.05) is 13.7 Å². The highest BCUT2D eigenvalue weighted by molar-refractivity contribution is 5.74. The lowest BCUT2D eigenvalue weighted by Crippen LogP contribution is -2.46. The summed E-state index contributed by atoms with van der Waals surface area (Å²) in [6, 6.07) is 9.97. The minimum Gasteiger partial charge on any atom is -0.394 e. The number of likely N-dealkylation sites (N-methyl/N-ethyl adjacent to an activating group) is 1. The van der Waals surface area contributed by atoms with Crippen molar-refractivity contribution in [2.24, 2.45) is 5.92 Å². The zero-order valence-electron chi connectivity index (χ0n) is 13.0. The van der Waals surface area contributed by atoms with Crippen molar-refractivity contribution in [3.63, 3.8) is 0 Å². The van der Waals surface area contributed by atoms with Crippen molar-refractivity contribution in [3.8, 4) is 0 Å². The first-order valence-electron chi connectivity index (χ1n) is 7.82. The van der Waals surface area contributed by atoms with Crippen LogP contribution in [0.2, 0.25) is 0 Å². The molecule has 1 aliphatic rings. The van der Waals surface area contributed by atoms with E-state index in [9.17, 15) is 9.90 Å². The molecule has 116 valence electrons. The highest BCUT2D eigenvalue weighted by Crippen LogP contribution is 2.35. The standard InChI is InChI=1S/C17H26N2O2/c1-13(12-20)19(2)17(21)18-16(15-10-6-7-11-15)14-8-4-3-5-9-14/h3-5,8-9,13,15-16,20H,6-7,10-12H2,1-2H3,(H,18,21). The van der Waals surface area contributed by atoms with Gasteiger partial charge in [-0.15, -0.1) is 0 Å². The number of carbonyl (C=O) groups is 1. The lowest BCUT2D eigenvalue weighted by molar-refractivity contribution is 0.152. The van der Waals surface area contributed by atoms with E-state index in [1.165, 1.54) is 31.2 Å². The molecule has 1 aromatic carbocycles. The molecule has 0 heterocycles. The average Bonchev–Trinajstić information content (AvgIpc) is 3.05. The van der Waals surface area contributed by atoms with E-state index in [-0.39, 0.29) is 24.7 Å². The number of nitrogens with one attached hydrogen (secondary N) is 1. The zero-order chi connectivity index (χ0) is 15.2. The van der Waals surface area contributed by atoms with Crippen LogP contribution in [0.4, 0.5) is 4.79 Å². The molecule has 2 amide bonds. The quantitative estimate of drug-likeness (QED) is 0.876. The summed E-state index contributed by atoms with van der Waals surface area (Å²) < 4.78 is 0. The van der Waals surface area contributed by atoms with Crippen LogP contribution < -0.4 is 5.32 Å². The van der Waals surface area contributed by atoms with E-state index in [1.54, 1.807) is 11.9 Å². The number of benzene rings is 1. The highest BCUT2D eigenvalue weighted by Gasteiger charge is 2.29. The van der Waals surface area contributed by atoms with Gasteiger partial charge in [-0.1, -0.05) is 43.2 Å². The fraction of sp³-hybridized carbons (Fsp3) is 0.588. The Hall–Kier alpha value is -1.55. The summed E-state index contributed by atoms with van der Waals surface area (Å²) in [5.74, 6) is 0.509. The molecule has 2 unspecified atom stereocenters. The Balaban J connectivity index is 2.11. The molecule has 4 heteroatoms. The molecular formula is C17H26N2O2. The number of amides is 2. The zero-order valence-corrected chi connectivity index (χ0v) is 13.0. The lowest BCUT2D eigenvalue weighted by Gasteiger charge is -2.30. The maximum absolute atomic E-state index is 12.4. The van der Waals surface area contributed by atoms with Crippen molar-refractivity contribution in [3.05, 3.63) is 35.9 Å². The molecule has 0 radical (unpaired) electrons. The first-order valence-corrected chi connectivity index (χ1v) is 7.82. The topological polar surface area (TPSA) is 52.6 Å². The number of aliphatic hydroxyl groups excluding tert-OH is 1. The van der Waals surface area contributed by atoms with Gasteiger partial charge >= 0.3 is 6.03 Å².